The predicted molar refractivity (Wildman–Crippen MR) is 66.5 cm³/mol. The van der Waals surface area contributed by atoms with E-state index in [9.17, 15) is 4.79 Å². The van der Waals surface area contributed by atoms with Gasteiger partial charge in [0.15, 0.2) is 0 Å². The Balaban J connectivity index is 2.21. The summed E-state index contributed by atoms with van der Waals surface area (Å²) in [7, 11) is 0. The Morgan fingerprint density at radius 1 is 1.47 bits per heavy atom. The van der Waals surface area contributed by atoms with Crippen molar-refractivity contribution in [2.45, 2.75) is 19.4 Å². The average molecular weight is 232 g/mol. The van der Waals surface area contributed by atoms with Crippen LogP contribution in [0.4, 0.5) is 0 Å². The van der Waals surface area contributed by atoms with Gasteiger partial charge in [0.1, 0.15) is 0 Å². The molecule has 17 heavy (non-hydrogen) atoms. The number of carbonyl (C=O) groups is 1. The van der Waals surface area contributed by atoms with Crippen LogP contribution in [0, 0.1) is 0 Å². The van der Waals surface area contributed by atoms with Gasteiger partial charge in [-0.05, 0) is 24.6 Å². The number of fused-ring (bicyclic) bond motifs is 1. The van der Waals surface area contributed by atoms with Crippen LogP contribution in [-0.4, -0.2) is 17.6 Å². The molecule has 3 N–H and O–H groups in total. The molecule has 0 amide bonds. The van der Waals surface area contributed by atoms with Crippen LogP contribution in [0.1, 0.15) is 24.9 Å². The highest BCUT2D eigenvalue weighted by Gasteiger charge is 2.14. The summed E-state index contributed by atoms with van der Waals surface area (Å²) in [6.07, 6.45) is 2.07. The normalized spacial score (nSPS) is 12.6. The van der Waals surface area contributed by atoms with Crippen molar-refractivity contribution >= 4 is 16.9 Å². The Labute approximate surface area is 99.8 Å². The minimum atomic E-state index is -0.325. The highest BCUT2D eigenvalue weighted by atomic mass is 16.5. The molecule has 90 valence electrons. The van der Waals surface area contributed by atoms with Crippen molar-refractivity contribution in [1.82, 2.24) is 4.98 Å². The van der Waals surface area contributed by atoms with Gasteiger partial charge in [-0.3, -0.25) is 4.79 Å². The number of esters is 1. The van der Waals surface area contributed by atoms with Gasteiger partial charge in [0.25, 0.3) is 0 Å². The third-order valence-electron chi connectivity index (χ3n) is 2.72. The van der Waals surface area contributed by atoms with E-state index in [2.05, 4.69) is 4.98 Å². The minimum Gasteiger partial charge on any atom is -0.466 e. The summed E-state index contributed by atoms with van der Waals surface area (Å²) in [6, 6.07) is 7.50. The van der Waals surface area contributed by atoms with Crippen LogP contribution in [0.3, 0.4) is 0 Å². The fourth-order valence-corrected chi connectivity index (χ4v) is 1.94. The van der Waals surface area contributed by atoms with E-state index in [0.717, 1.165) is 16.5 Å². The smallest absolute Gasteiger partial charge is 0.307 e. The Morgan fingerprint density at radius 2 is 2.29 bits per heavy atom. The average Bonchev–Trinajstić information content (AvgIpc) is 2.76. The van der Waals surface area contributed by atoms with Crippen molar-refractivity contribution in [2.24, 2.45) is 5.73 Å². The van der Waals surface area contributed by atoms with E-state index in [0.29, 0.717) is 6.61 Å². The molecular weight excluding hydrogens is 216 g/mol. The molecular formula is C13H16N2O2. The highest BCUT2D eigenvalue weighted by Crippen LogP contribution is 2.24. The molecule has 0 saturated carbocycles. The van der Waals surface area contributed by atoms with Crippen LogP contribution in [0.15, 0.2) is 30.5 Å². The van der Waals surface area contributed by atoms with Gasteiger partial charge in [-0.15, -0.1) is 0 Å². The zero-order chi connectivity index (χ0) is 12.3. The Kier molecular flexibility index (Phi) is 3.44. The van der Waals surface area contributed by atoms with Crippen molar-refractivity contribution in [1.29, 1.82) is 0 Å². The number of ether oxygens (including phenoxy) is 1. The maximum Gasteiger partial charge on any atom is 0.307 e. The first-order valence-corrected chi connectivity index (χ1v) is 5.69. The molecule has 0 aliphatic heterocycles. The van der Waals surface area contributed by atoms with Gasteiger partial charge in [-0.25, -0.2) is 0 Å². The molecule has 1 atom stereocenters. The molecule has 0 spiro atoms. The molecule has 0 aliphatic carbocycles. The first-order valence-electron chi connectivity index (χ1n) is 5.69. The number of nitrogens with two attached hydrogens (primary N) is 1. The van der Waals surface area contributed by atoms with Crippen LogP contribution in [-0.2, 0) is 9.53 Å². The number of H-pyrrole nitrogens is 1. The first kappa shape index (κ1) is 11.7. The second kappa shape index (κ2) is 5.01. The Hall–Kier alpha value is -1.81. The van der Waals surface area contributed by atoms with Crippen LogP contribution < -0.4 is 5.73 Å². The summed E-state index contributed by atoms with van der Waals surface area (Å²) in [4.78, 5) is 14.5. The third-order valence-corrected chi connectivity index (χ3v) is 2.72. The van der Waals surface area contributed by atoms with E-state index in [1.165, 1.54) is 0 Å². The zero-order valence-electron chi connectivity index (χ0n) is 9.77. The number of nitrogens with one attached hydrogen (secondary N) is 1. The quantitative estimate of drug-likeness (QED) is 0.793. The van der Waals surface area contributed by atoms with Gasteiger partial charge >= 0.3 is 5.97 Å². The van der Waals surface area contributed by atoms with Crippen LogP contribution in [0.25, 0.3) is 10.9 Å². The summed E-state index contributed by atoms with van der Waals surface area (Å²) in [5, 5.41) is 1.06. The van der Waals surface area contributed by atoms with Crippen LogP contribution >= 0.6 is 0 Å². The number of aromatic amines is 1. The largest absolute Gasteiger partial charge is 0.466 e. The van der Waals surface area contributed by atoms with Gasteiger partial charge < -0.3 is 15.5 Å². The molecule has 0 radical (unpaired) electrons. The van der Waals surface area contributed by atoms with Gasteiger partial charge in [0, 0.05) is 23.1 Å². The minimum absolute atomic E-state index is 0.206. The molecule has 4 heteroatoms. The first-order chi connectivity index (χ1) is 8.22. The van der Waals surface area contributed by atoms with Crippen LogP contribution in [0.2, 0.25) is 0 Å². The third kappa shape index (κ3) is 2.47. The van der Waals surface area contributed by atoms with E-state index in [4.69, 9.17) is 10.5 Å². The monoisotopic (exact) mass is 232 g/mol. The van der Waals surface area contributed by atoms with E-state index in [1.807, 2.05) is 30.5 Å². The van der Waals surface area contributed by atoms with Crippen molar-refractivity contribution in [3.8, 4) is 0 Å². The van der Waals surface area contributed by atoms with Crippen molar-refractivity contribution in [3.63, 3.8) is 0 Å². The maximum atomic E-state index is 11.4. The molecule has 0 saturated heterocycles. The fourth-order valence-electron chi connectivity index (χ4n) is 1.94. The molecule has 1 aromatic heterocycles. The summed E-state index contributed by atoms with van der Waals surface area (Å²) < 4.78 is 4.90. The SMILES string of the molecule is CCOC(=O)C[C@@H](N)c1cccc2[nH]ccc12. The number of rotatable bonds is 4. The maximum absolute atomic E-state index is 11.4. The lowest BCUT2D eigenvalue weighted by atomic mass is 10.0. The van der Waals surface area contributed by atoms with E-state index in [-0.39, 0.29) is 18.4 Å². The standard InChI is InChI=1S/C13H16N2O2/c1-2-17-13(16)8-11(14)9-4-3-5-12-10(9)6-7-15-12/h3-7,11,15H,2,8,14H2,1H3/t11-/m1/s1. The second-order valence-corrected chi connectivity index (χ2v) is 3.90. The number of hydrogen-bond donors (Lipinski definition) is 2. The van der Waals surface area contributed by atoms with E-state index < -0.39 is 0 Å². The van der Waals surface area contributed by atoms with Crippen molar-refractivity contribution in [3.05, 3.63) is 36.0 Å². The van der Waals surface area contributed by atoms with Crippen molar-refractivity contribution < 1.29 is 9.53 Å². The van der Waals surface area contributed by atoms with E-state index >= 15 is 0 Å². The molecule has 2 rings (SSSR count). The van der Waals surface area contributed by atoms with E-state index in [1.54, 1.807) is 6.92 Å². The summed E-state index contributed by atoms with van der Waals surface area (Å²) >= 11 is 0. The zero-order valence-corrected chi connectivity index (χ0v) is 9.77. The predicted octanol–water partition coefficient (Wildman–Crippen LogP) is 2.12. The van der Waals surface area contributed by atoms with Crippen molar-refractivity contribution in [2.75, 3.05) is 6.61 Å². The number of benzene rings is 1. The molecule has 4 nitrogen and oxygen atoms in total. The lowest BCUT2D eigenvalue weighted by Crippen LogP contribution is -2.17. The van der Waals surface area contributed by atoms with Gasteiger partial charge in [0.2, 0.25) is 0 Å². The Bertz CT molecular complexity index is 519. The lowest BCUT2D eigenvalue weighted by molar-refractivity contribution is -0.143. The van der Waals surface area contributed by atoms with Gasteiger partial charge in [-0.1, -0.05) is 12.1 Å². The highest BCUT2D eigenvalue weighted by molar-refractivity contribution is 5.84. The summed E-state index contributed by atoms with van der Waals surface area (Å²) in [5.41, 5.74) is 8.04. The summed E-state index contributed by atoms with van der Waals surface area (Å²) in [6.45, 7) is 2.18. The molecule has 0 aliphatic rings. The number of aromatic nitrogens is 1. The molecule has 1 aromatic carbocycles. The molecule has 1 heterocycles. The number of carbonyl (C=O) groups excluding carboxylic acids is 1. The molecule has 0 bridgehead atoms. The van der Waals surface area contributed by atoms with Gasteiger partial charge in [0.05, 0.1) is 13.0 Å². The molecule has 0 fully saturated rings. The van der Waals surface area contributed by atoms with Gasteiger partial charge in [-0.2, -0.15) is 0 Å². The summed E-state index contributed by atoms with van der Waals surface area (Å²) in [5.74, 6) is -0.257. The molecule has 2 aromatic rings. The Morgan fingerprint density at radius 3 is 3.06 bits per heavy atom. The fraction of sp³-hybridized carbons (Fsp3) is 0.308. The number of hydrogen-bond acceptors (Lipinski definition) is 3. The van der Waals surface area contributed by atoms with Crippen LogP contribution in [0.5, 0.6) is 0 Å². The topological polar surface area (TPSA) is 68.1 Å². The second-order valence-electron chi connectivity index (χ2n) is 3.90. The molecule has 0 unspecified atom stereocenters. The lowest BCUT2D eigenvalue weighted by Gasteiger charge is -2.12.